The summed E-state index contributed by atoms with van der Waals surface area (Å²) < 4.78 is 0. The van der Waals surface area contributed by atoms with Crippen LogP contribution < -0.4 is 0 Å². The second-order valence-electron chi connectivity index (χ2n) is 6.85. The predicted molar refractivity (Wildman–Crippen MR) is 91.9 cm³/mol. The van der Waals surface area contributed by atoms with Crippen LogP contribution >= 0.6 is 0 Å². The molecule has 3 rings (SSSR count). The van der Waals surface area contributed by atoms with Crippen molar-refractivity contribution in [2.24, 2.45) is 5.92 Å². The maximum absolute atomic E-state index is 12.0. The number of aromatic carboxylic acids is 1. The molecule has 0 saturated heterocycles. The number of fused-ring (bicyclic) bond motifs is 1. The summed E-state index contributed by atoms with van der Waals surface area (Å²) in [6.45, 7) is 6.26. The van der Waals surface area contributed by atoms with Crippen LogP contribution in [0.2, 0.25) is 0 Å². The largest absolute Gasteiger partial charge is 0.478 e. The lowest BCUT2D eigenvalue weighted by Gasteiger charge is -2.27. The van der Waals surface area contributed by atoms with Crippen LogP contribution in [-0.2, 0) is 12.8 Å². The molecule has 1 atom stereocenters. The molecule has 23 heavy (non-hydrogen) atoms. The first kappa shape index (κ1) is 15.7. The smallest absolute Gasteiger partial charge is 0.338 e. The highest BCUT2D eigenvalue weighted by molar-refractivity contribution is 5.98. The molecule has 0 spiro atoms. The first-order valence-corrected chi connectivity index (χ1v) is 8.33. The molecule has 1 heterocycles. The molecule has 0 aliphatic heterocycles. The number of nitrogens with zero attached hydrogens (tertiary/aromatic N) is 1. The Balaban J connectivity index is 2.37. The Morgan fingerprint density at radius 1 is 1.26 bits per heavy atom. The van der Waals surface area contributed by atoms with Gasteiger partial charge in [0.25, 0.3) is 0 Å². The number of carboxylic acid groups (broad SMARTS) is 1. The number of carbonyl (C=O) groups is 1. The molecule has 0 bridgehead atoms. The molecular weight excluding hydrogens is 286 g/mol. The van der Waals surface area contributed by atoms with Crippen LogP contribution in [0.25, 0.3) is 11.1 Å². The zero-order chi connectivity index (χ0) is 16.6. The summed E-state index contributed by atoms with van der Waals surface area (Å²) >= 11 is 0. The van der Waals surface area contributed by atoms with Crippen molar-refractivity contribution >= 4 is 5.97 Å². The number of aryl methyl sites for hydroxylation is 1. The van der Waals surface area contributed by atoms with E-state index in [0.29, 0.717) is 17.2 Å². The van der Waals surface area contributed by atoms with Gasteiger partial charge in [-0.1, -0.05) is 51.1 Å². The van der Waals surface area contributed by atoms with E-state index >= 15 is 0 Å². The standard InChI is InChI=1S/C20H23NO2/c1-12(2)19-18(20(22)23)17(14-7-5-4-6-8-14)15-11-13(3)9-10-16(15)21-19/h4-8,12-13H,9-11H2,1-3H3,(H,22,23). The van der Waals surface area contributed by atoms with Crippen molar-refractivity contribution in [3.05, 3.63) is 52.8 Å². The average molecular weight is 309 g/mol. The zero-order valence-electron chi connectivity index (χ0n) is 14.0. The maximum atomic E-state index is 12.0. The van der Waals surface area contributed by atoms with Crippen LogP contribution in [0, 0.1) is 5.92 Å². The summed E-state index contributed by atoms with van der Waals surface area (Å²) in [4.78, 5) is 16.8. The summed E-state index contributed by atoms with van der Waals surface area (Å²) in [5.41, 5.74) is 5.20. The fourth-order valence-corrected chi connectivity index (χ4v) is 3.51. The van der Waals surface area contributed by atoms with E-state index in [1.54, 1.807) is 0 Å². The second-order valence-corrected chi connectivity index (χ2v) is 6.85. The number of hydrogen-bond acceptors (Lipinski definition) is 2. The Kier molecular flexibility index (Phi) is 4.20. The average Bonchev–Trinajstić information content (AvgIpc) is 2.53. The molecule has 1 aliphatic rings. The number of carboxylic acids is 1. The molecule has 0 radical (unpaired) electrons. The first-order chi connectivity index (χ1) is 11.0. The third-order valence-electron chi connectivity index (χ3n) is 4.66. The summed E-state index contributed by atoms with van der Waals surface area (Å²) in [6.07, 6.45) is 2.97. The minimum Gasteiger partial charge on any atom is -0.478 e. The molecule has 0 amide bonds. The van der Waals surface area contributed by atoms with Crippen molar-refractivity contribution in [2.45, 2.75) is 46.0 Å². The van der Waals surface area contributed by atoms with Crippen molar-refractivity contribution < 1.29 is 9.90 Å². The third kappa shape index (κ3) is 2.88. The van der Waals surface area contributed by atoms with Gasteiger partial charge in [-0.05, 0) is 42.2 Å². The maximum Gasteiger partial charge on any atom is 0.338 e. The van der Waals surface area contributed by atoms with Gasteiger partial charge in [0.05, 0.1) is 11.3 Å². The molecule has 1 unspecified atom stereocenters. The van der Waals surface area contributed by atoms with E-state index in [1.807, 2.05) is 44.2 Å². The van der Waals surface area contributed by atoms with Gasteiger partial charge >= 0.3 is 5.97 Å². The third-order valence-corrected chi connectivity index (χ3v) is 4.66. The molecule has 120 valence electrons. The van der Waals surface area contributed by atoms with Gasteiger partial charge in [-0.3, -0.25) is 4.98 Å². The van der Waals surface area contributed by atoms with Crippen LogP contribution in [0.4, 0.5) is 0 Å². The van der Waals surface area contributed by atoms with E-state index in [4.69, 9.17) is 4.98 Å². The molecule has 1 aliphatic carbocycles. The van der Waals surface area contributed by atoms with Gasteiger partial charge in [-0.15, -0.1) is 0 Å². The van der Waals surface area contributed by atoms with Crippen molar-refractivity contribution in [3.8, 4) is 11.1 Å². The monoisotopic (exact) mass is 309 g/mol. The molecular formula is C20H23NO2. The van der Waals surface area contributed by atoms with Crippen LogP contribution in [-0.4, -0.2) is 16.1 Å². The predicted octanol–water partition coefficient (Wildman–Crippen LogP) is 4.70. The Morgan fingerprint density at radius 3 is 2.57 bits per heavy atom. The van der Waals surface area contributed by atoms with E-state index in [0.717, 1.165) is 41.6 Å². The quantitative estimate of drug-likeness (QED) is 0.894. The lowest BCUT2D eigenvalue weighted by molar-refractivity contribution is 0.0695. The molecule has 2 aromatic rings. The van der Waals surface area contributed by atoms with Gasteiger partial charge in [0.15, 0.2) is 0 Å². The minimum absolute atomic E-state index is 0.0909. The van der Waals surface area contributed by atoms with Crippen molar-refractivity contribution in [2.75, 3.05) is 0 Å². The van der Waals surface area contributed by atoms with Crippen LogP contribution in [0.15, 0.2) is 30.3 Å². The molecule has 3 nitrogen and oxygen atoms in total. The molecule has 0 saturated carbocycles. The van der Waals surface area contributed by atoms with Crippen molar-refractivity contribution in [1.82, 2.24) is 4.98 Å². The first-order valence-electron chi connectivity index (χ1n) is 8.33. The van der Waals surface area contributed by atoms with Gasteiger partial charge in [0, 0.05) is 11.3 Å². The van der Waals surface area contributed by atoms with Gasteiger partial charge in [-0.2, -0.15) is 0 Å². The highest BCUT2D eigenvalue weighted by Gasteiger charge is 2.28. The lowest BCUT2D eigenvalue weighted by atomic mass is 9.80. The number of hydrogen-bond donors (Lipinski definition) is 1. The summed E-state index contributed by atoms with van der Waals surface area (Å²) in [5.74, 6) is -0.215. The van der Waals surface area contributed by atoms with Gasteiger partial charge in [0.1, 0.15) is 0 Å². The normalized spacial score (nSPS) is 17.1. The number of pyridine rings is 1. The molecule has 1 aromatic carbocycles. The summed E-state index contributed by atoms with van der Waals surface area (Å²) in [7, 11) is 0. The fraction of sp³-hybridized carbons (Fsp3) is 0.400. The Hall–Kier alpha value is -2.16. The highest BCUT2D eigenvalue weighted by Crippen LogP contribution is 2.38. The molecule has 1 N–H and O–H groups in total. The molecule has 3 heteroatoms. The van der Waals surface area contributed by atoms with E-state index < -0.39 is 5.97 Å². The van der Waals surface area contributed by atoms with Crippen LogP contribution in [0.3, 0.4) is 0 Å². The Bertz CT molecular complexity index is 735. The lowest BCUT2D eigenvalue weighted by Crippen LogP contribution is -2.20. The summed E-state index contributed by atoms with van der Waals surface area (Å²) in [6, 6.07) is 9.91. The number of aromatic nitrogens is 1. The van der Waals surface area contributed by atoms with E-state index in [-0.39, 0.29) is 5.92 Å². The number of benzene rings is 1. The van der Waals surface area contributed by atoms with E-state index in [2.05, 4.69) is 6.92 Å². The van der Waals surface area contributed by atoms with Gasteiger partial charge in [-0.25, -0.2) is 4.79 Å². The van der Waals surface area contributed by atoms with Crippen LogP contribution in [0.1, 0.15) is 60.4 Å². The minimum atomic E-state index is -0.874. The highest BCUT2D eigenvalue weighted by atomic mass is 16.4. The number of rotatable bonds is 3. The van der Waals surface area contributed by atoms with Crippen molar-refractivity contribution in [3.63, 3.8) is 0 Å². The Morgan fingerprint density at radius 2 is 1.96 bits per heavy atom. The SMILES string of the molecule is CC1CCc2nc(C(C)C)c(C(=O)O)c(-c3ccccc3)c2C1. The zero-order valence-corrected chi connectivity index (χ0v) is 14.0. The Labute approximate surface area is 137 Å². The molecule has 0 fully saturated rings. The van der Waals surface area contributed by atoms with Gasteiger partial charge in [0.2, 0.25) is 0 Å². The van der Waals surface area contributed by atoms with Crippen molar-refractivity contribution in [1.29, 1.82) is 0 Å². The fourth-order valence-electron chi connectivity index (χ4n) is 3.51. The van der Waals surface area contributed by atoms with Crippen LogP contribution in [0.5, 0.6) is 0 Å². The van der Waals surface area contributed by atoms with E-state index in [9.17, 15) is 9.90 Å². The topological polar surface area (TPSA) is 50.2 Å². The van der Waals surface area contributed by atoms with E-state index in [1.165, 1.54) is 0 Å². The summed E-state index contributed by atoms with van der Waals surface area (Å²) in [5, 5.41) is 9.88. The molecule has 1 aromatic heterocycles. The second kappa shape index (κ2) is 6.15. The van der Waals surface area contributed by atoms with Gasteiger partial charge < -0.3 is 5.11 Å².